The Morgan fingerprint density at radius 1 is 1.12 bits per heavy atom. The highest BCUT2D eigenvalue weighted by molar-refractivity contribution is 8.03. The molecule has 1 aliphatic heterocycles. The fraction of sp³-hybridized carbons (Fsp3) is 0.125. The molecule has 33 heavy (non-hydrogen) atoms. The van der Waals surface area contributed by atoms with E-state index in [1.807, 2.05) is 13.2 Å². The normalized spacial score (nSPS) is 14.0. The van der Waals surface area contributed by atoms with Crippen molar-refractivity contribution in [1.82, 2.24) is 5.43 Å². The zero-order chi connectivity index (χ0) is 25.0. The highest BCUT2D eigenvalue weighted by atomic mass is 35.5. The fourth-order valence-electron chi connectivity index (χ4n) is 2.50. The van der Waals surface area contributed by atoms with Gasteiger partial charge in [-0.25, -0.2) is 5.01 Å². The van der Waals surface area contributed by atoms with Crippen LogP contribution in [-0.4, -0.2) is 31.5 Å². The average molecular weight is 507 g/mol. The Balaban J connectivity index is 0.000000520. The van der Waals surface area contributed by atoms with Crippen LogP contribution in [0.1, 0.15) is 12.5 Å². The van der Waals surface area contributed by atoms with E-state index in [-0.39, 0.29) is 5.57 Å². The molecular formula is C24H24Cl2N2O4S. The van der Waals surface area contributed by atoms with Crippen molar-refractivity contribution in [2.75, 3.05) is 18.4 Å². The summed E-state index contributed by atoms with van der Waals surface area (Å²) in [5.74, 6) is -0.327. The van der Waals surface area contributed by atoms with Gasteiger partial charge in [0, 0.05) is 4.91 Å². The van der Waals surface area contributed by atoms with Crippen LogP contribution in [-0.2, 0) is 14.4 Å². The summed E-state index contributed by atoms with van der Waals surface area (Å²) >= 11 is 13.3. The maximum Gasteiger partial charge on any atom is 0.282 e. The predicted octanol–water partition coefficient (Wildman–Crippen LogP) is 5.72. The van der Waals surface area contributed by atoms with Crippen LogP contribution in [0.5, 0.6) is 5.75 Å². The van der Waals surface area contributed by atoms with Crippen molar-refractivity contribution in [3.8, 4) is 5.75 Å². The molecule has 2 amide bonds. The molecule has 1 fully saturated rings. The van der Waals surface area contributed by atoms with Gasteiger partial charge in [0.2, 0.25) is 0 Å². The molecule has 3 rings (SSSR count). The van der Waals surface area contributed by atoms with Crippen molar-refractivity contribution in [1.29, 1.82) is 0 Å². The van der Waals surface area contributed by atoms with Crippen LogP contribution in [0.15, 0.2) is 72.2 Å². The number of thioether (sulfide) groups is 1. The molecule has 2 aromatic carbocycles. The van der Waals surface area contributed by atoms with Gasteiger partial charge in [0.25, 0.3) is 11.8 Å². The van der Waals surface area contributed by atoms with E-state index in [0.29, 0.717) is 27.0 Å². The molecule has 6 nitrogen and oxygen atoms in total. The van der Waals surface area contributed by atoms with Crippen LogP contribution in [0.2, 0.25) is 10.0 Å². The third kappa shape index (κ3) is 7.82. The quantitative estimate of drug-likeness (QED) is 0.243. The minimum atomic E-state index is -0.492. The second kappa shape index (κ2) is 14.2. The van der Waals surface area contributed by atoms with Gasteiger partial charge >= 0.3 is 0 Å². The number of methoxy groups -OCH3 is 1. The molecule has 0 atom stereocenters. The second-order valence-corrected chi connectivity index (χ2v) is 7.72. The van der Waals surface area contributed by atoms with Crippen LogP contribution >= 0.6 is 35.0 Å². The van der Waals surface area contributed by atoms with E-state index >= 15 is 0 Å². The number of hydrazine groups is 1. The number of anilines is 1. The third-order valence-electron chi connectivity index (χ3n) is 4.09. The molecule has 1 N–H and O–H groups in total. The molecule has 174 valence electrons. The lowest BCUT2D eigenvalue weighted by molar-refractivity contribution is -0.117. The Hall–Kier alpha value is -3.00. The number of amides is 2. The number of benzene rings is 2. The molecular weight excluding hydrogens is 483 g/mol. The van der Waals surface area contributed by atoms with Gasteiger partial charge in [-0.1, -0.05) is 41.4 Å². The minimum absolute atomic E-state index is 0.0225. The highest BCUT2D eigenvalue weighted by Gasteiger charge is 2.34. The summed E-state index contributed by atoms with van der Waals surface area (Å²) in [4.78, 5) is 35.4. The van der Waals surface area contributed by atoms with Crippen LogP contribution in [0, 0.1) is 0 Å². The van der Waals surface area contributed by atoms with E-state index in [4.69, 9.17) is 27.9 Å². The van der Waals surface area contributed by atoms with Gasteiger partial charge in [-0.15, -0.1) is 24.9 Å². The Morgan fingerprint density at radius 2 is 1.82 bits per heavy atom. The molecule has 9 heteroatoms. The number of allylic oxidation sites excluding steroid dienone is 2. The number of hydrogen-bond acceptors (Lipinski definition) is 5. The van der Waals surface area contributed by atoms with Gasteiger partial charge in [0.1, 0.15) is 11.3 Å². The maximum absolute atomic E-state index is 12.5. The first-order valence-corrected chi connectivity index (χ1v) is 11.4. The van der Waals surface area contributed by atoms with E-state index in [2.05, 4.69) is 18.6 Å². The van der Waals surface area contributed by atoms with Gasteiger partial charge < -0.3 is 4.74 Å². The van der Waals surface area contributed by atoms with Gasteiger partial charge in [-0.05, 0) is 55.2 Å². The summed E-state index contributed by atoms with van der Waals surface area (Å²) in [6.45, 7) is 7.85. The molecule has 0 saturated carbocycles. The van der Waals surface area contributed by atoms with E-state index < -0.39 is 11.8 Å². The van der Waals surface area contributed by atoms with Gasteiger partial charge in [0.05, 0.1) is 22.8 Å². The number of carbonyl (C=O) groups excluding carboxylic acids is 3. The first kappa shape index (κ1) is 28.0. The van der Waals surface area contributed by atoms with E-state index in [0.717, 1.165) is 16.2 Å². The van der Waals surface area contributed by atoms with Crippen LogP contribution in [0.4, 0.5) is 5.69 Å². The maximum atomic E-state index is 12.5. The van der Waals surface area contributed by atoms with Crippen LogP contribution < -0.4 is 15.2 Å². The Kier molecular flexibility index (Phi) is 12.1. The molecule has 0 radical (unpaired) electrons. The molecule has 0 spiro atoms. The number of ether oxygens (including phenoxy) is 1. The minimum Gasteiger partial charge on any atom is -0.497 e. The third-order valence-corrected chi connectivity index (χ3v) is 5.64. The summed E-state index contributed by atoms with van der Waals surface area (Å²) in [6, 6.07) is 11.7. The van der Waals surface area contributed by atoms with E-state index in [9.17, 15) is 14.4 Å². The highest BCUT2D eigenvalue weighted by Crippen LogP contribution is 2.29. The molecule has 2 aromatic rings. The number of nitrogens with one attached hydrogen (secondary N) is 1. The van der Waals surface area contributed by atoms with Crippen molar-refractivity contribution in [2.45, 2.75) is 6.92 Å². The molecule has 1 aliphatic rings. The molecule has 0 unspecified atom stereocenters. The molecule has 1 heterocycles. The van der Waals surface area contributed by atoms with E-state index in [1.54, 1.807) is 49.6 Å². The Bertz CT molecular complexity index is 1070. The summed E-state index contributed by atoms with van der Waals surface area (Å²) in [6.07, 6.45) is 6.03. The van der Waals surface area contributed by atoms with Gasteiger partial charge in [-0.2, -0.15) is 0 Å². The SMILES string of the molecule is C/C=C(/C=O)SC.C=C.COc1cccc(/C=C2\C(=O)NN(c3ccc(Cl)c(Cl)c3)C2=O)c1. The van der Waals surface area contributed by atoms with Gasteiger partial charge in [0.15, 0.2) is 6.29 Å². The number of nitrogens with zero attached hydrogens (tertiary/aromatic N) is 1. The molecule has 0 bridgehead atoms. The lowest BCUT2D eigenvalue weighted by atomic mass is 10.1. The monoisotopic (exact) mass is 506 g/mol. The van der Waals surface area contributed by atoms with Crippen molar-refractivity contribution >= 4 is 64.8 Å². The second-order valence-electron chi connectivity index (χ2n) is 6.03. The van der Waals surface area contributed by atoms with Gasteiger partial charge in [-0.3, -0.25) is 19.8 Å². The lowest BCUT2D eigenvalue weighted by Crippen LogP contribution is -2.35. The number of aldehydes is 1. The topological polar surface area (TPSA) is 75.7 Å². The van der Waals surface area contributed by atoms with Crippen LogP contribution in [0.3, 0.4) is 0 Å². The summed E-state index contributed by atoms with van der Waals surface area (Å²) in [7, 11) is 1.55. The Morgan fingerprint density at radius 3 is 2.33 bits per heavy atom. The Labute approximate surface area is 207 Å². The zero-order valence-corrected chi connectivity index (χ0v) is 20.8. The van der Waals surface area contributed by atoms with Crippen LogP contribution in [0.25, 0.3) is 6.08 Å². The number of hydrogen-bond donors (Lipinski definition) is 1. The molecule has 0 aromatic heterocycles. The average Bonchev–Trinajstić information content (AvgIpc) is 3.12. The van der Waals surface area contributed by atoms with Crippen molar-refractivity contribution in [2.24, 2.45) is 0 Å². The first-order valence-electron chi connectivity index (χ1n) is 9.46. The zero-order valence-electron chi connectivity index (χ0n) is 18.4. The summed E-state index contributed by atoms with van der Waals surface area (Å²) < 4.78 is 5.14. The number of carbonyl (C=O) groups is 3. The predicted molar refractivity (Wildman–Crippen MR) is 138 cm³/mol. The van der Waals surface area contributed by atoms with Crippen molar-refractivity contribution < 1.29 is 19.1 Å². The number of rotatable bonds is 5. The smallest absolute Gasteiger partial charge is 0.282 e. The largest absolute Gasteiger partial charge is 0.497 e. The summed E-state index contributed by atoms with van der Waals surface area (Å²) in [5.41, 5.74) is 3.64. The standard InChI is InChI=1S/C17H12Cl2N2O3.C5H8OS.C2H4/c1-24-12-4-2-3-10(7-12)8-13-16(22)20-21(17(13)23)11-5-6-14(18)15(19)9-11;1-3-5(4-6)7-2;1-2/h2-9H,1H3,(H,20,22);3-4H,1-2H3;1-2H2/b13-8+;5-3-;. The number of halogens is 2. The van der Waals surface area contributed by atoms with Crippen molar-refractivity contribution in [3.05, 3.63) is 87.8 Å². The molecule has 1 saturated heterocycles. The fourth-order valence-corrected chi connectivity index (χ4v) is 3.12. The van der Waals surface area contributed by atoms with Crippen molar-refractivity contribution in [3.63, 3.8) is 0 Å². The first-order chi connectivity index (χ1) is 15.8. The van der Waals surface area contributed by atoms with E-state index in [1.165, 1.54) is 23.9 Å². The molecule has 0 aliphatic carbocycles. The lowest BCUT2D eigenvalue weighted by Gasteiger charge is -2.15. The summed E-state index contributed by atoms with van der Waals surface area (Å²) in [5, 5.41) is 1.79.